The van der Waals surface area contributed by atoms with E-state index in [1.807, 2.05) is 55.5 Å². The number of nitrogens with zero attached hydrogens (tertiary/aromatic N) is 2. The standard InChI is InChI=1S/C22H28N4O3/c1-3-23-22(28)24-21(27)20(17-8-5-4-6-9-17)26-14-12-25(13-15-26)18-10-7-11-19(16-18)29-2/h4-11,16,20H,3,12-15H2,1-2H3,(H2,23,24,27,28). The van der Waals surface area contributed by atoms with Crippen LogP contribution in [0.2, 0.25) is 0 Å². The fourth-order valence-electron chi connectivity index (χ4n) is 3.59. The van der Waals surface area contributed by atoms with E-state index in [0.29, 0.717) is 19.6 Å². The number of nitrogens with one attached hydrogen (secondary N) is 2. The zero-order valence-corrected chi connectivity index (χ0v) is 16.9. The van der Waals surface area contributed by atoms with Crippen LogP contribution >= 0.6 is 0 Å². The highest BCUT2D eigenvalue weighted by Gasteiger charge is 2.31. The lowest BCUT2D eigenvalue weighted by Gasteiger charge is -2.39. The number of benzene rings is 2. The summed E-state index contributed by atoms with van der Waals surface area (Å²) in [5, 5.41) is 5.09. The van der Waals surface area contributed by atoms with Crippen LogP contribution in [0.1, 0.15) is 18.5 Å². The summed E-state index contributed by atoms with van der Waals surface area (Å²) in [7, 11) is 1.66. The molecule has 1 aliphatic rings. The average molecular weight is 396 g/mol. The van der Waals surface area contributed by atoms with Crippen molar-refractivity contribution in [3.05, 3.63) is 60.2 Å². The van der Waals surface area contributed by atoms with Gasteiger partial charge in [-0.25, -0.2) is 4.79 Å². The molecule has 7 nitrogen and oxygen atoms in total. The predicted octanol–water partition coefficient (Wildman–Crippen LogP) is 2.40. The van der Waals surface area contributed by atoms with Gasteiger partial charge in [-0.3, -0.25) is 15.0 Å². The van der Waals surface area contributed by atoms with Crippen LogP contribution in [0.3, 0.4) is 0 Å². The number of ether oxygens (including phenoxy) is 1. The Kier molecular flexibility index (Phi) is 7.08. The first-order valence-corrected chi connectivity index (χ1v) is 9.89. The van der Waals surface area contributed by atoms with Gasteiger partial charge in [0.05, 0.1) is 7.11 Å². The second-order valence-electron chi connectivity index (χ2n) is 6.89. The molecule has 2 aromatic carbocycles. The molecule has 0 aliphatic carbocycles. The number of methoxy groups -OCH3 is 1. The van der Waals surface area contributed by atoms with Crippen molar-refractivity contribution >= 4 is 17.6 Å². The zero-order chi connectivity index (χ0) is 20.6. The first kappa shape index (κ1) is 20.7. The molecule has 1 atom stereocenters. The van der Waals surface area contributed by atoms with Crippen LogP contribution < -0.4 is 20.3 Å². The van der Waals surface area contributed by atoms with Crippen molar-refractivity contribution in [2.75, 3.05) is 44.7 Å². The van der Waals surface area contributed by atoms with Crippen molar-refractivity contribution in [2.24, 2.45) is 0 Å². The van der Waals surface area contributed by atoms with Crippen molar-refractivity contribution < 1.29 is 14.3 Å². The zero-order valence-electron chi connectivity index (χ0n) is 16.9. The van der Waals surface area contributed by atoms with Crippen molar-refractivity contribution in [1.29, 1.82) is 0 Å². The Labute approximate surface area is 171 Å². The van der Waals surface area contributed by atoms with Crippen molar-refractivity contribution in [1.82, 2.24) is 15.5 Å². The third-order valence-corrected chi connectivity index (χ3v) is 5.04. The summed E-state index contributed by atoms with van der Waals surface area (Å²) < 4.78 is 5.32. The van der Waals surface area contributed by atoms with Crippen molar-refractivity contribution in [3.8, 4) is 5.75 Å². The number of carbonyl (C=O) groups excluding carboxylic acids is 2. The number of amides is 3. The van der Waals surface area contributed by atoms with Gasteiger partial charge in [-0.05, 0) is 24.6 Å². The minimum atomic E-state index is -0.508. The van der Waals surface area contributed by atoms with E-state index < -0.39 is 12.1 Å². The Morgan fingerprint density at radius 3 is 2.41 bits per heavy atom. The van der Waals surface area contributed by atoms with E-state index in [1.165, 1.54) is 0 Å². The van der Waals surface area contributed by atoms with E-state index in [2.05, 4.69) is 26.5 Å². The Morgan fingerprint density at radius 1 is 1.03 bits per heavy atom. The maximum Gasteiger partial charge on any atom is 0.321 e. The summed E-state index contributed by atoms with van der Waals surface area (Å²) in [6.45, 7) is 5.26. The first-order valence-electron chi connectivity index (χ1n) is 9.89. The van der Waals surface area contributed by atoms with Crippen LogP contribution in [0.4, 0.5) is 10.5 Å². The highest BCUT2D eigenvalue weighted by molar-refractivity contribution is 5.97. The number of urea groups is 1. The molecule has 2 N–H and O–H groups in total. The lowest BCUT2D eigenvalue weighted by Crippen LogP contribution is -2.52. The fraction of sp³-hybridized carbons (Fsp3) is 0.364. The maximum atomic E-state index is 12.9. The van der Waals surface area contributed by atoms with E-state index in [4.69, 9.17) is 4.74 Å². The van der Waals surface area contributed by atoms with Gasteiger partial charge in [0, 0.05) is 44.5 Å². The largest absolute Gasteiger partial charge is 0.497 e. The molecule has 0 radical (unpaired) electrons. The number of rotatable bonds is 6. The minimum absolute atomic E-state index is 0.308. The number of hydrogen-bond donors (Lipinski definition) is 2. The molecule has 1 saturated heterocycles. The van der Waals surface area contributed by atoms with Gasteiger partial charge in [0.25, 0.3) is 0 Å². The van der Waals surface area contributed by atoms with Gasteiger partial charge in [-0.15, -0.1) is 0 Å². The maximum absolute atomic E-state index is 12.9. The van der Waals surface area contributed by atoms with Gasteiger partial charge >= 0.3 is 6.03 Å². The van der Waals surface area contributed by atoms with E-state index in [-0.39, 0.29) is 5.91 Å². The van der Waals surface area contributed by atoms with Crippen molar-refractivity contribution in [2.45, 2.75) is 13.0 Å². The van der Waals surface area contributed by atoms with Crippen LogP contribution in [0, 0.1) is 0 Å². The van der Waals surface area contributed by atoms with Crippen LogP contribution in [0.15, 0.2) is 54.6 Å². The highest BCUT2D eigenvalue weighted by atomic mass is 16.5. The summed E-state index contributed by atoms with van der Waals surface area (Å²) in [5.41, 5.74) is 1.98. The quantitative estimate of drug-likeness (QED) is 0.784. The average Bonchev–Trinajstić information content (AvgIpc) is 2.75. The molecular formula is C22H28N4O3. The molecule has 1 aliphatic heterocycles. The summed E-state index contributed by atoms with van der Waals surface area (Å²) in [4.78, 5) is 29.2. The predicted molar refractivity (Wildman–Crippen MR) is 113 cm³/mol. The molecule has 29 heavy (non-hydrogen) atoms. The Morgan fingerprint density at radius 2 is 1.76 bits per heavy atom. The summed E-state index contributed by atoms with van der Waals surface area (Å²) in [6.07, 6.45) is 0. The number of carbonyl (C=O) groups is 2. The van der Waals surface area contributed by atoms with E-state index in [1.54, 1.807) is 7.11 Å². The number of piperazine rings is 1. The second-order valence-corrected chi connectivity index (χ2v) is 6.89. The first-order chi connectivity index (χ1) is 14.1. The van der Waals surface area contributed by atoms with Crippen LogP contribution in [-0.2, 0) is 4.79 Å². The topological polar surface area (TPSA) is 73.9 Å². The molecule has 0 saturated carbocycles. The molecule has 2 aromatic rings. The minimum Gasteiger partial charge on any atom is -0.497 e. The van der Waals surface area contributed by atoms with Crippen LogP contribution in [0.25, 0.3) is 0 Å². The molecule has 1 fully saturated rings. The van der Waals surface area contributed by atoms with Gasteiger partial charge < -0.3 is 15.0 Å². The summed E-state index contributed by atoms with van der Waals surface area (Å²) in [5.74, 6) is 0.519. The van der Waals surface area contributed by atoms with E-state index in [9.17, 15) is 9.59 Å². The summed E-state index contributed by atoms with van der Waals surface area (Å²) in [6, 6.07) is 16.6. The van der Waals surface area contributed by atoms with E-state index in [0.717, 1.165) is 30.1 Å². The molecule has 3 amide bonds. The van der Waals surface area contributed by atoms with Gasteiger partial charge in [0.15, 0.2) is 0 Å². The van der Waals surface area contributed by atoms with Crippen LogP contribution in [-0.4, -0.2) is 56.7 Å². The van der Waals surface area contributed by atoms with Crippen LogP contribution in [0.5, 0.6) is 5.75 Å². The Hall–Kier alpha value is -3.06. The van der Waals surface area contributed by atoms with Gasteiger partial charge in [-0.2, -0.15) is 0 Å². The monoisotopic (exact) mass is 396 g/mol. The molecule has 0 bridgehead atoms. The van der Waals surface area contributed by atoms with Gasteiger partial charge in [-0.1, -0.05) is 36.4 Å². The fourth-order valence-corrected chi connectivity index (χ4v) is 3.59. The molecule has 7 heteroatoms. The second kappa shape index (κ2) is 9.93. The molecule has 3 rings (SSSR count). The normalized spacial score (nSPS) is 15.4. The third-order valence-electron chi connectivity index (χ3n) is 5.04. The molecule has 0 spiro atoms. The summed E-state index contributed by atoms with van der Waals surface area (Å²) >= 11 is 0. The highest BCUT2D eigenvalue weighted by Crippen LogP contribution is 2.26. The smallest absolute Gasteiger partial charge is 0.321 e. The van der Waals surface area contributed by atoms with Gasteiger partial charge in [0.1, 0.15) is 11.8 Å². The SMILES string of the molecule is CCNC(=O)NC(=O)C(c1ccccc1)N1CCN(c2cccc(OC)c2)CC1. The molecule has 0 aromatic heterocycles. The number of anilines is 1. The number of imide groups is 1. The number of hydrogen-bond acceptors (Lipinski definition) is 5. The third kappa shape index (κ3) is 5.26. The van der Waals surface area contributed by atoms with E-state index >= 15 is 0 Å². The lowest BCUT2D eigenvalue weighted by molar-refractivity contribution is -0.125. The Balaban J connectivity index is 1.72. The Bertz CT molecular complexity index is 820. The van der Waals surface area contributed by atoms with Gasteiger partial charge in [0.2, 0.25) is 5.91 Å². The lowest BCUT2D eigenvalue weighted by atomic mass is 10.0. The molecule has 154 valence electrons. The molecule has 1 unspecified atom stereocenters. The van der Waals surface area contributed by atoms with Crippen molar-refractivity contribution in [3.63, 3.8) is 0 Å². The molecular weight excluding hydrogens is 368 g/mol. The molecule has 1 heterocycles.